The largest absolute Gasteiger partial charge is 0.455 e. The number of carbonyl (C=O) groups excluding carboxylic acids is 6. The van der Waals surface area contributed by atoms with Crippen molar-refractivity contribution in [1.29, 1.82) is 0 Å². The number of nitrogens with zero attached hydrogens (tertiary/aromatic N) is 1. The molecular formula is C32H43N5O15. The summed E-state index contributed by atoms with van der Waals surface area (Å²) < 4.78 is 40.9. The molecule has 0 aromatic carbocycles. The van der Waals surface area contributed by atoms with Crippen molar-refractivity contribution < 1.29 is 61.9 Å². The fraction of sp³-hybridized carbons (Fsp3) is 0.625. The molecule has 3 aliphatic rings. The Hall–Kier alpha value is -5.08. The molecule has 2 fully saturated rings. The van der Waals surface area contributed by atoms with E-state index in [0.29, 0.717) is 25.8 Å². The van der Waals surface area contributed by atoms with Crippen LogP contribution in [0.2, 0.25) is 0 Å². The Morgan fingerprint density at radius 1 is 1.00 bits per heavy atom. The van der Waals surface area contributed by atoms with Gasteiger partial charge < -0.3 is 49.5 Å². The number of amides is 3. The second kappa shape index (κ2) is 16.5. The number of esters is 3. The maximum absolute atomic E-state index is 13.5. The fourth-order valence-electron chi connectivity index (χ4n) is 5.68. The van der Waals surface area contributed by atoms with Gasteiger partial charge in [-0.15, -0.1) is 0 Å². The van der Waals surface area contributed by atoms with Gasteiger partial charge in [0.05, 0.1) is 5.41 Å². The summed E-state index contributed by atoms with van der Waals surface area (Å²) in [5.41, 5.74) is 3.05. The predicted molar refractivity (Wildman–Crippen MR) is 172 cm³/mol. The van der Waals surface area contributed by atoms with Gasteiger partial charge in [-0.05, 0) is 40.0 Å². The van der Waals surface area contributed by atoms with Crippen molar-refractivity contribution in [3.63, 3.8) is 0 Å². The van der Waals surface area contributed by atoms with Crippen LogP contribution in [0.3, 0.4) is 0 Å². The van der Waals surface area contributed by atoms with E-state index < -0.39 is 113 Å². The third-order valence-corrected chi connectivity index (χ3v) is 8.16. The number of methoxy groups -OCH3 is 1. The number of hydrogen-bond donors (Lipinski definition) is 4. The van der Waals surface area contributed by atoms with E-state index in [1.54, 1.807) is 20.8 Å². The molecule has 3 aliphatic heterocycles. The highest BCUT2D eigenvalue weighted by Crippen LogP contribution is 2.38. The molecule has 2 saturated heterocycles. The van der Waals surface area contributed by atoms with E-state index in [4.69, 9.17) is 38.9 Å². The molecule has 20 nitrogen and oxygen atoms in total. The normalized spacial score (nSPS) is 28.2. The number of hydrogen-bond acceptors (Lipinski definition) is 15. The monoisotopic (exact) mass is 737 g/mol. The highest BCUT2D eigenvalue weighted by Gasteiger charge is 2.56. The number of nitrogens with two attached hydrogens (primary N) is 1. The second-order valence-corrected chi connectivity index (χ2v) is 13.3. The molecule has 20 heteroatoms. The maximum Gasteiger partial charge on any atom is 0.330 e. The number of carbonyl (C=O) groups is 6. The molecule has 0 bridgehead atoms. The minimum absolute atomic E-state index is 0.315. The Labute approximate surface area is 296 Å². The van der Waals surface area contributed by atoms with Gasteiger partial charge in [0.25, 0.3) is 11.5 Å². The van der Waals surface area contributed by atoms with Gasteiger partial charge in [0.2, 0.25) is 24.2 Å². The number of rotatable bonds is 11. The van der Waals surface area contributed by atoms with Crippen molar-refractivity contribution in [3.05, 3.63) is 44.9 Å². The Balaban J connectivity index is 1.73. The minimum Gasteiger partial charge on any atom is -0.455 e. The topological polar surface area (TPSA) is 272 Å². The Bertz CT molecular complexity index is 1700. The first-order valence-electron chi connectivity index (χ1n) is 16.4. The molecule has 0 radical (unpaired) electrons. The third-order valence-electron chi connectivity index (χ3n) is 8.16. The van der Waals surface area contributed by atoms with E-state index in [-0.39, 0.29) is 0 Å². The summed E-state index contributed by atoms with van der Waals surface area (Å²) in [5.74, 6) is -5.60. The fourth-order valence-corrected chi connectivity index (χ4v) is 5.68. The first-order valence-corrected chi connectivity index (χ1v) is 16.4. The average molecular weight is 738 g/mol. The molecule has 0 saturated carbocycles. The lowest BCUT2D eigenvalue weighted by atomic mass is 9.97. The van der Waals surface area contributed by atoms with Crippen LogP contribution in [0.4, 0.5) is 0 Å². The van der Waals surface area contributed by atoms with Crippen LogP contribution < -0.4 is 27.6 Å². The summed E-state index contributed by atoms with van der Waals surface area (Å²) in [6.07, 6.45) is -9.21. The molecule has 4 heterocycles. The minimum atomic E-state index is -1.93. The highest BCUT2D eigenvalue weighted by molar-refractivity contribution is 5.95. The molecular weight excluding hydrogens is 694 g/mol. The van der Waals surface area contributed by atoms with Crippen molar-refractivity contribution in [2.24, 2.45) is 11.1 Å². The number of aromatic amines is 1. The lowest BCUT2D eigenvalue weighted by Crippen LogP contribution is -2.56. The van der Waals surface area contributed by atoms with Gasteiger partial charge in [-0.25, -0.2) is 4.79 Å². The Morgan fingerprint density at radius 2 is 1.69 bits per heavy atom. The van der Waals surface area contributed by atoms with Gasteiger partial charge in [0.1, 0.15) is 18.2 Å². The van der Waals surface area contributed by atoms with Crippen LogP contribution in [-0.4, -0.2) is 108 Å². The Kier molecular flexibility index (Phi) is 12.6. The van der Waals surface area contributed by atoms with Crippen LogP contribution in [0.25, 0.3) is 0 Å². The summed E-state index contributed by atoms with van der Waals surface area (Å²) in [6, 6.07) is 0.0719. The van der Waals surface area contributed by atoms with E-state index in [2.05, 4.69) is 15.6 Å². The van der Waals surface area contributed by atoms with Crippen LogP contribution in [0.5, 0.6) is 0 Å². The summed E-state index contributed by atoms with van der Waals surface area (Å²) in [4.78, 5) is 103. The third kappa shape index (κ3) is 9.42. The SMILES string of the molecule is CO[C@H]1[C@@H](OC(=O)C(C)(C)C)[C@H](n2ccc(=O)[nH]c2=O)O[C@@H]1[C@@H](O[C@H]1OC(C(=O)N[C@H]2CCCCNC2=O)=C[C@H](OC(C)=O)[C@@H]1OC(C)=O)C(N)=O. The molecule has 52 heavy (non-hydrogen) atoms. The van der Waals surface area contributed by atoms with Crippen molar-refractivity contribution in [2.75, 3.05) is 13.7 Å². The second-order valence-electron chi connectivity index (χ2n) is 13.3. The van der Waals surface area contributed by atoms with E-state index >= 15 is 0 Å². The molecule has 4 rings (SSSR count). The zero-order valence-corrected chi connectivity index (χ0v) is 29.4. The molecule has 0 spiro atoms. The number of aromatic nitrogens is 2. The van der Waals surface area contributed by atoms with Gasteiger partial charge in [-0.3, -0.25) is 43.1 Å². The predicted octanol–water partition coefficient (Wildman–Crippen LogP) is -1.83. The zero-order chi connectivity index (χ0) is 38.5. The maximum atomic E-state index is 13.5. The lowest BCUT2D eigenvalue weighted by Gasteiger charge is -2.37. The standard InChI is InChI=1S/C32H43N5O15/c1-14(38)47-17-13-18(27(43)35-16-9-7-8-11-34-26(16)42)49-29(20(17)48-15(2)39)51-23(25(33)41)22-21(46-6)24(52-30(44)32(3,4)5)28(50-22)37-12-10-19(40)36-31(37)45/h10,12-13,16-17,20-24,28-29H,7-9,11H2,1-6H3,(H2,33,41)(H,34,42)(H,35,43)(H,36,40,45)/t16-,17-,20-,21+,22-,23+,24+,28+,29+/m0/s1. The van der Waals surface area contributed by atoms with Gasteiger partial charge in [0, 0.05) is 45.8 Å². The lowest BCUT2D eigenvalue weighted by molar-refractivity contribution is -0.249. The number of H-pyrrole nitrogens is 1. The number of ether oxygens (including phenoxy) is 7. The summed E-state index contributed by atoms with van der Waals surface area (Å²) in [5, 5.41) is 5.24. The summed E-state index contributed by atoms with van der Waals surface area (Å²) in [7, 11) is 1.19. The van der Waals surface area contributed by atoms with Gasteiger partial charge in [-0.2, -0.15) is 0 Å². The van der Waals surface area contributed by atoms with E-state index in [9.17, 15) is 38.4 Å². The van der Waals surface area contributed by atoms with E-state index in [0.717, 1.165) is 36.8 Å². The van der Waals surface area contributed by atoms with Crippen LogP contribution in [0, 0.1) is 5.41 Å². The summed E-state index contributed by atoms with van der Waals surface area (Å²) in [6.45, 7) is 7.22. The molecule has 0 aliphatic carbocycles. The van der Waals surface area contributed by atoms with Crippen molar-refractivity contribution in [2.45, 2.75) is 109 Å². The highest BCUT2D eigenvalue weighted by atomic mass is 16.7. The van der Waals surface area contributed by atoms with Gasteiger partial charge in [-0.1, -0.05) is 0 Å². The van der Waals surface area contributed by atoms with Crippen LogP contribution in [0.1, 0.15) is 60.1 Å². The quantitative estimate of drug-likeness (QED) is 0.144. The van der Waals surface area contributed by atoms with Crippen molar-refractivity contribution in [3.8, 4) is 0 Å². The molecule has 9 atom stereocenters. The Morgan fingerprint density at radius 3 is 2.29 bits per heavy atom. The first kappa shape index (κ1) is 39.7. The molecule has 5 N–H and O–H groups in total. The van der Waals surface area contributed by atoms with Gasteiger partial charge >= 0.3 is 23.6 Å². The van der Waals surface area contributed by atoms with E-state index in [1.165, 1.54) is 7.11 Å². The van der Waals surface area contributed by atoms with Crippen molar-refractivity contribution >= 4 is 35.6 Å². The zero-order valence-electron chi connectivity index (χ0n) is 29.4. The molecule has 1 aromatic heterocycles. The number of nitrogens with one attached hydrogen (secondary N) is 3. The van der Waals surface area contributed by atoms with Gasteiger partial charge in [0.15, 0.2) is 30.3 Å². The molecule has 0 unspecified atom stereocenters. The van der Waals surface area contributed by atoms with Crippen molar-refractivity contribution in [1.82, 2.24) is 20.2 Å². The average Bonchev–Trinajstić information content (AvgIpc) is 3.26. The number of primary amides is 1. The smallest absolute Gasteiger partial charge is 0.330 e. The van der Waals surface area contributed by atoms with Crippen LogP contribution in [-0.2, 0) is 61.9 Å². The van der Waals surface area contributed by atoms with E-state index in [1.807, 2.05) is 0 Å². The molecule has 286 valence electrons. The van der Waals surface area contributed by atoms with Crippen LogP contribution >= 0.6 is 0 Å². The summed E-state index contributed by atoms with van der Waals surface area (Å²) >= 11 is 0. The molecule has 1 aromatic rings. The van der Waals surface area contributed by atoms with Crippen LogP contribution in [0.15, 0.2) is 33.7 Å². The first-order chi connectivity index (χ1) is 24.4. The molecule has 3 amide bonds.